The number of aliphatic hydroxyl groups excluding tert-OH is 4. The van der Waals surface area contributed by atoms with Crippen LogP contribution in [0, 0.1) is 0 Å². The molecule has 0 fully saturated rings. The van der Waals surface area contributed by atoms with Crippen molar-refractivity contribution in [3.8, 4) is 0 Å². The number of allylic oxidation sites excluding steroid dienone is 14. The summed E-state index contributed by atoms with van der Waals surface area (Å²) in [7, 11) is 4.00. The van der Waals surface area contributed by atoms with Gasteiger partial charge in [-0.25, -0.2) is 0 Å². The molecule has 6 heteroatoms. The lowest BCUT2D eigenvalue weighted by molar-refractivity contribution is -0.105. The summed E-state index contributed by atoms with van der Waals surface area (Å²) in [6.45, 7) is 7.52. The summed E-state index contributed by atoms with van der Waals surface area (Å²) >= 11 is 0. The highest BCUT2D eigenvalue weighted by Gasteiger charge is 1.82. The van der Waals surface area contributed by atoms with Gasteiger partial charge >= 0.3 is 0 Å². The topological polar surface area (TPSA) is 115 Å². The number of aliphatic hydroxyl groups is 4. The van der Waals surface area contributed by atoms with Gasteiger partial charge in [-0.2, -0.15) is 0 Å². The summed E-state index contributed by atoms with van der Waals surface area (Å²) in [4.78, 5) is 20.8. The van der Waals surface area contributed by atoms with Crippen molar-refractivity contribution in [2.45, 2.75) is 27.7 Å². The summed E-state index contributed by atoms with van der Waals surface area (Å²) in [5, 5.41) is 28.0. The van der Waals surface area contributed by atoms with E-state index >= 15 is 0 Å². The molecular formula is C24H40O6. The summed E-state index contributed by atoms with van der Waals surface area (Å²) in [5.74, 6) is 0. The Labute approximate surface area is 182 Å². The van der Waals surface area contributed by atoms with Crippen LogP contribution in [0.1, 0.15) is 27.7 Å². The minimum Gasteiger partial charge on any atom is -0.400 e. The number of carbonyl (C=O) groups excluding carboxylic acids is 2. The van der Waals surface area contributed by atoms with Gasteiger partial charge in [0.15, 0.2) is 0 Å². The fourth-order valence-electron chi connectivity index (χ4n) is 1.31. The molecule has 0 radical (unpaired) electrons. The van der Waals surface area contributed by atoms with Crippen molar-refractivity contribution in [3.63, 3.8) is 0 Å². The van der Waals surface area contributed by atoms with Crippen LogP contribution in [0.4, 0.5) is 0 Å². The Hall–Kier alpha value is -2.64. The van der Waals surface area contributed by atoms with E-state index in [0.717, 1.165) is 52.2 Å². The Morgan fingerprint density at radius 3 is 0.900 bits per heavy atom. The second-order valence-corrected chi connectivity index (χ2v) is 4.98. The lowest BCUT2D eigenvalue weighted by Crippen LogP contribution is -1.73. The maximum atomic E-state index is 10.4. The molecule has 0 atom stereocenters. The van der Waals surface area contributed by atoms with Crippen molar-refractivity contribution >= 4 is 12.6 Å². The van der Waals surface area contributed by atoms with Crippen LogP contribution in [-0.2, 0) is 9.59 Å². The van der Waals surface area contributed by atoms with Gasteiger partial charge in [-0.15, -0.1) is 0 Å². The Morgan fingerprint density at radius 1 is 0.433 bits per heavy atom. The Kier molecular flexibility index (Phi) is 47.1. The molecule has 0 rings (SSSR count). The van der Waals surface area contributed by atoms with E-state index < -0.39 is 0 Å². The molecular weight excluding hydrogens is 384 g/mol. The fraction of sp³-hybridized carbons (Fsp3) is 0.333. The average molecular weight is 425 g/mol. The Morgan fingerprint density at radius 2 is 0.667 bits per heavy atom. The van der Waals surface area contributed by atoms with Crippen molar-refractivity contribution in [2.24, 2.45) is 0 Å². The van der Waals surface area contributed by atoms with Gasteiger partial charge in [-0.3, -0.25) is 9.59 Å². The highest BCUT2D eigenvalue weighted by Crippen LogP contribution is 2.00. The number of aldehydes is 2. The van der Waals surface area contributed by atoms with E-state index in [-0.39, 0.29) is 0 Å². The molecule has 0 aromatic rings. The van der Waals surface area contributed by atoms with Crippen molar-refractivity contribution in [3.05, 3.63) is 83.1 Å². The molecule has 0 aromatic heterocycles. The minimum atomic E-state index is 0.698. The molecule has 0 unspecified atom stereocenters. The van der Waals surface area contributed by atoms with Gasteiger partial charge < -0.3 is 20.4 Å². The molecule has 30 heavy (non-hydrogen) atoms. The third-order valence-corrected chi connectivity index (χ3v) is 2.64. The molecule has 4 N–H and O–H groups in total. The number of hydrogen-bond donors (Lipinski definition) is 4. The third-order valence-electron chi connectivity index (χ3n) is 2.64. The molecule has 0 amide bonds. The van der Waals surface area contributed by atoms with E-state index in [9.17, 15) is 9.59 Å². The van der Waals surface area contributed by atoms with Gasteiger partial charge in [0.1, 0.15) is 12.6 Å². The van der Waals surface area contributed by atoms with Gasteiger partial charge in [-0.1, -0.05) is 71.9 Å². The zero-order chi connectivity index (χ0) is 24.8. The lowest BCUT2D eigenvalue weighted by atomic mass is 10.2. The zero-order valence-electron chi connectivity index (χ0n) is 19.5. The molecule has 0 spiro atoms. The summed E-state index contributed by atoms with van der Waals surface area (Å²) < 4.78 is 0. The highest BCUT2D eigenvalue weighted by molar-refractivity contribution is 5.73. The van der Waals surface area contributed by atoms with E-state index in [2.05, 4.69) is 0 Å². The number of carbonyl (C=O) groups is 2. The van der Waals surface area contributed by atoms with Crippen LogP contribution in [0.25, 0.3) is 0 Å². The maximum absolute atomic E-state index is 10.4. The first-order chi connectivity index (χ1) is 14.5. The van der Waals surface area contributed by atoms with Crippen LogP contribution >= 0.6 is 0 Å². The Bertz CT molecular complexity index is 537. The number of hydrogen-bond acceptors (Lipinski definition) is 6. The van der Waals surface area contributed by atoms with Crippen molar-refractivity contribution in [1.82, 2.24) is 0 Å². The van der Waals surface area contributed by atoms with Crippen LogP contribution < -0.4 is 0 Å². The monoisotopic (exact) mass is 424 g/mol. The van der Waals surface area contributed by atoms with Gasteiger partial charge in [0.2, 0.25) is 0 Å². The molecule has 0 heterocycles. The second-order valence-electron chi connectivity index (χ2n) is 4.98. The SMILES string of the molecule is CC(C=O)=CC=CC(C)=CC=CC=C(C)C=CC=C(C)C=O.CO.CO.CO.CO. The van der Waals surface area contributed by atoms with Crippen LogP contribution in [-0.4, -0.2) is 61.4 Å². The first-order valence-corrected chi connectivity index (χ1v) is 8.90. The van der Waals surface area contributed by atoms with Crippen molar-refractivity contribution in [1.29, 1.82) is 0 Å². The largest absolute Gasteiger partial charge is 0.400 e. The third kappa shape index (κ3) is 36.3. The van der Waals surface area contributed by atoms with Gasteiger partial charge in [-0.05, 0) is 38.8 Å². The number of rotatable bonds is 8. The standard InChI is InChI=1S/C20H24O2.4CH4O/c1-17(11-7-13-19(3)15-21)9-5-6-10-18(2)12-8-14-20(4)16-22;4*1-2/h5-16H,1-4H3;4*2H,1H3. The van der Waals surface area contributed by atoms with Crippen LogP contribution in [0.3, 0.4) is 0 Å². The van der Waals surface area contributed by atoms with Crippen LogP contribution in [0.5, 0.6) is 0 Å². The van der Waals surface area contributed by atoms with E-state index in [1.165, 1.54) is 0 Å². The first-order valence-electron chi connectivity index (χ1n) is 8.90. The summed E-state index contributed by atoms with van der Waals surface area (Å²) in [5.41, 5.74) is 3.59. The van der Waals surface area contributed by atoms with Gasteiger partial charge in [0, 0.05) is 28.4 Å². The van der Waals surface area contributed by atoms with Gasteiger partial charge in [0.25, 0.3) is 0 Å². The Balaban J connectivity index is -0.000000231. The molecule has 6 nitrogen and oxygen atoms in total. The van der Waals surface area contributed by atoms with E-state index in [1.807, 2.05) is 62.5 Å². The summed E-state index contributed by atoms with van der Waals surface area (Å²) in [6.07, 6.45) is 20.7. The van der Waals surface area contributed by atoms with E-state index in [0.29, 0.717) is 11.1 Å². The molecule has 0 saturated heterocycles. The first kappa shape index (κ1) is 38.0. The lowest BCUT2D eigenvalue weighted by Gasteiger charge is -1.89. The van der Waals surface area contributed by atoms with Crippen LogP contribution in [0.2, 0.25) is 0 Å². The predicted octanol–water partition coefficient (Wildman–Crippen LogP) is 3.27. The molecule has 0 saturated carbocycles. The minimum absolute atomic E-state index is 0.698. The van der Waals surface area contributed by atoms with Crippen LogP contribution in [0.15, 0.2) is 83.1 Å². The van der Waals surface area contributed by atoms with Gasteiger partial charge in [0.05, 0.1) is 0 Å². The molecule has 0 aliphatic heterocycles. The molecule has 0 bridgehead atoms. The molecule has 0 aromatic carbocycles. The molecule has 0 aliphatic rings. The quantitative estimate of drug-likeness (QED) is 0.270. The second kappa shape index (κ2) is 37.2. The molecule has 0 aliphatic carbocycles. The maximum Gasteiger partial charge on any atom is 0.145 e. The average Bonchev–Trinajstić information content (AvgIpc) is 2.81. The fourth-order valence-corrected chi connectivity index (χ4v) is 1.31. The molecule has 172 valence electrons. The van der Waals surface area contributed by atoms with E-state index in [4.69, 9.17) is 20.4 Å². The smallest absolute Gasteiger partial charge is 0.145 e. The zero-order valence-corrected chi connectivity index (χ0v) is 19.5. The van der Waals surface area contributed by atoms with Crippen molar-refractivity contribution < 1.29 is 30.0 Å². The normalized spacial score (nSPS) is 12.0. The predicted molar refractivity (Wildman–Crippen MR) is 127 cm³/mol. The van der Waals surface area contributed by atoms with Crippen molar-refractivity contribution in [2.75, 3.05) is 28.4 Å². The summed E-state index contributed by atoms with van der Waals surface area (Å²) in [6, 6.07) is 0. The van der Waals surface area contributed by atoms with E-state index in [1.54, 1.807) is 26.0 Å². The highest BCUT2D eigenvalue weighted by atomic mass is 16.2.